The summed E-state index contributed by atoms with van der Waals surface area (Å²) < 4.78 is 0. The second kappa shape index (κ2) is 3.92. The Balaban J connectivity index is 2.13. The van der Waals surface area contributed by atoms with Crippen LogP contribution in [0.2, 0.25) is 5.02 Å². The summed E-state index contributed by atoms with van der Waals surface area (Å²) >= 11 is 5.90. The van der Waals surface area contributed by atoms with E-state index in [9.17, 15) is 0 Å². The SMILES string of the molecule is Cc1cc(Cl)ccc1[C@@H](N)CC1CC1. The molecule has 1 nitrogen and oxygen atoms in total. The van der Waals surface area contributed by atoms with E-state index >= 15 is 0 Å². The molecule has 0 aromatic heterocycles. The van der Waals surface area contributed by atoms with Crippen molar-refractivity contribution in [3.8, 4) is 0 Å². The molecule has 2 rings (SSSR count). The van der Waals surface area contributed by atoms with Crippen LogP contribution >= 0.6 is 11.6 Å². The highest BCUT2D eigenvalue weighted by atomic mass is 35.5. The molecule has 1 saturated carbocycles. The highest BCUT2D eigenvalue weighted by Gasteiger charge is 2.24. The summed E-state index contributed by atoms with van der Waals surface area (Å²) in [6, 6.07) is 6.17. The summed E-state index contributed by atoms with van der Waals surface area (Å²) in [5, 5.41) is 0.796. The molecule has 2 heteroatoms. The Labute approximate surface area is 90.3 Å². The summed E-state index contributed by atoms with van der Waals surface area (Å²) in [6.45, 7) is 2.08. The van der Waals surface area contributed by atoms with Crippen LogP contribution < -0.4 is 5.73 Å². The summed E-state index contributed by atoms with van der Waals surface area (Å²) in [7, 11) is 0. The fraction of sp³-hybridized carbons (Fsp3) is 0.500. The largest absolute Gasteiger partial charge is 0.324 e. The van der Waals surface area contributed by atoms with Crippen LogP contribution in [0.5, 0.6) is 0 Å². The van der Waals surface area contributed by atoms with Crippen molar-refractivity contribution in [2.45, 2.75) is 32.2 Å². The van der Waals surface area contributed by atoms with E-state index in [1.165, 1.54) is 24.0 Å². The van der Waals surface area contributed by atoms with E-state index in [4.69, 9.17) is 17.3 Å². The number of benzene rings is 1. The fourth-order valence-electron chi connectivity index (χ4n) is 1.89. The minimum absolute atomic E-state index is 0.194. The molecule has 1 aliphatic carbocycles. The fourth-order valence-corrected chi connectivity index (χ4v) is 2.12. The second-order valence-electron chi connectivity index (χ2n) is 4.29. The monoisotopic (exact) mass is 209 g/mol. The molecule has 0 heterocycles. The molecule has 1 aromatic carbocycles. The number of aryl methyl sites for hydroxylation is 1. The highest BCUT2D eigenvalue weighted by molar-refractivity contribution is 6.30. The first-order valence-electron chi connectivity index (χ1n) is 5.18. The van der Waals surface area contributed by atoms with Gasteiger partial charge in [0.25, 0.3) is 0 Å². The van der Waals surface area contributed by atoms with Crippen LogP contribution in [-0.4, -0.2) is 0 Å². The van der Waals surface area contributed by atoms with Gasteiger partial charge in [-0.1, -0.05) is 30.5 Å². The molecule has 1 atom stereocenters. The molecule has 2 N–H and O–H groups in total. The first kappa shape index (κ1) is 10.0. The minimum atomic E-state index is 0.194. The zero-order valence-corrected chi connectivity index (χ0v) is 9.22. The molecule has 0 amide bonds. The van der Waals surface area contributed by atoms with E-state index in [2.05, 4.69) is 13.0 Å². The van der Waals surface area contributed by atoms with Crippen molar-refractivity contribution in [3.63, 3.8) is 0 Å². The molecule has 1 fully saturated rings. The molecular weight excluding hydrogens is 194 g/mol. The Morgan fingerprint density at radius 1 is 1.50 bits per heavy atom. The smallest absolute Gasteiger partial charge is 0.0408 e. The Morgan fingerprint density at radius 3 is 2.79 bits per heavy atom. The molecule has 0 bridgehead atoms. The zero-order valence-electron chi connectivity index (χ0n) is 8.46. The Bertz CT molecular complexity index is 331. The van der Waals surface area contributed by atoms with Gasteiger partial charge in [0.15, 0.2) is 0 Å². The highest BCUT2D eigenvalue weighted by Crippen LogP contribution is 2.37. The van der Waals surface area contributed by atoms with Gasteiger partial charge in [0, 0.05) is 11.1 Å². The number of halogens is 1. The van der Waals surface area contributed by atoms with Crippen LogP contribution in [-0.2, 0) is 0 Å². The summed E-state index contributed by atoms with van der Waals surface area (Å²) in [4.78, 5) is 0. The molecule has 1 aliphatic rings. The summed E-state index contributed by atoms with van der Waals surface area (Å²) in [5.41, 5.74) is 8.61. The van der Waals surface area contributed by atoms with E-state index in [1.807, 2.05) is 12.1 Å². The van der Waals surface area contributed by atoms with E-state index in [1.54, 1.807) is 0 Å². The predicted molar refractivity (Wildman–Crippen MR) is 60.5 cm³/mol. The Morgan fingerprint density at radius 2 is 2.21 bits per heavy atom. The van der Waals surface area contributed by atoms with Crippen molar-refractivity contribution in [2.24, 2.45) is 11.7 Å². The molecule has 0 radical (unpaired) electrons. The number of nitrogens with two attached hydrogens (primary N) is 1. The van der Waals surface area contributed by atoms with Gasteiger partial charge in [0.1, 0.15) is 0 Å². The van der Waals surface area contributed by atoms with Crippen LogP contribution in [0, 0.1) is 12.8 Å². The third-order valence-electron chi connectivity index (χ3n) is 2.92. The number of hydrogen-bond donors (Lipinski definition) is 1. The summed E-state index contributed by atoms with van der Waals surface area (Å²) in [5.74, 6) is 0.875. The van der Waals surface area contributed by atoms with Gasteiger partial charge in [-0.15, -0.1) is 0 Å². The molecule has 0 spiro atoms. The lowest BCUT2D eigenvalue weighted by molar-refractivity contribution is 0.594. The van der Waals surface area contributed by atoms with Gasteiger partial charge in [-0.25, -0.2) is 0 Å². The molecular formula is C12H16ClN. The van der Waals surface area contributed by atoms with Crippen molar-refractivity contribution >= 4 is 11.6 Å². The average Bonchev–Trinajstić information content (AvgIpc) is 2.87. The van der Waals surface area contributed by atoms with Gasteiger partial charge in [-0.05, 0) is 42.5 Å². The van der Waals surface area contributed by atoms with Gasteiger partial charge < -0.3 is 5.73 Å². The zero-order chi connectivity index (χ0) is 10.1. The summed E-state index contributed by atoms with van der Waals surface area (Å²) in [6.07, 6.45) is 3.85. The van der Waals surface area contributed by atoms with Crippen molar-refractivity contribution in [1.82, 2.24) is 0 Å². The lowest BCUT2D eigenvalue weighted by Gasteiger charge is -2.14. The van der Waals surface area contributed by atoms with E-state index in [-0.39, 0.29) is 6.04 Å². The third kappa shape index (κ3) is 2.28. The first-order valence-corrected chi connectivity index (χ1v) is 5.56. The van der Waals surface area contributed by atoms with Gasteiger partial charge in [-0.2, -0.15) is 0 Å². The molecule has 14 heavy (non-hydrogen) atoms. The lowest BCUT2D eigenvalue weighted by atomic mass is 9.98. The van der Waals surface area contributed by atoms with Gasteiger partial charge in [-0.3, -0.25) is 0 Å². The second-order valence-corrected chi connectivity index (χ2v) is 4.72. The lowest BCUT2D eigenvalue weighted by Crippen LogP contribution is -2.12. The van der Waals surface area contributed by atoms with Gasteiger partial charge in [0.05, 0.1) is 0 Å². The Kier molecular flexibility index (Phi) is 2.80. The number of hydrogen-bond acceptors (Lipinski definition) is 1. The quantitative estimate of drug-likeness (QED) is 0.811. The first-order chi connectivity index (χ1) is 6.66. The molecule has 0 saturated heterocycles. The third-order valence-corrected chi connectivity index (χ3v) is 3.15. The maximum atomic E-state index is 6.14. The Hall–Kier alpha value is -0.530. The topological polar surface area (TPSA) is 26.0 Å². The molecule has 0 unspecified atom stereocenters. The van der Waals surface area contributed by atoms with E-state index in [0.717, 1.165) is 17.4 Å². The molecule has 0 aliphatic heterocycles. The van der Waals surface area contributed by atoms with Crippen LogP contribution in [0.15, 0.2) is 18.2 Å². The van der Waals surface area contributed by atoms with Crippen molar-refractivity contribution in [2.75, 3.05) is 0 Å². The molecule has 76 valence electrons. The van der Waals surface area contributed by atoms with Crippen molar-refractivity contribution in [1.29, 1.82) is 0 Å². The average molecular weight is 210 g/mol. The van der Waals surface area contributed by atoms with Crippen LogP contribution in [0.25, 0.3) is 0 Å². The standard InChI is InChI=1S/C12H16ClN/c1-8-6-10(13)4-5-11(8)12(14)7-9-2-3-9/h4-6,9,12H,2-3,7,14H2,1H3/t12-/m0/s1. The maximum absolute atomic E-state index is 6.14. The van der Waals surface area contributed by atoms with E-state index in [0.29, 0.717) is 0 Å². The van der Waals surface area contributed by atoms with E-state index < -0.39 is 0 Å². The predicted octanol–water partition coefficient (Wildman–Crippen LogP) is 3.45. The minimum Gasteiger partial charge on any atom is -0.324 e. The number of rotatable bonds is 3. The van der Waals surface area contributed by atoms with Crippen LogP contribution in [0.1, 0.15) is 36.4 Å². The van der Waals surface area contributed by atoms with Crippen LogP contribution in [0.4, 0.5) is 0 Å². The van der Waals surface area contributed by atoms with Crippen molar-refractivity contribution < 1.29 is 0 Å². The van der Waals surface area contributed by atoms with Crippen molar-refractivity contribution in [3.05, 3.63) is 34.3 Å². The normalized spacial score (nSPS) is 18.2. The van der Waals surface area contributed by atoms with Gasteiger partial charge >= 0.3 is 0 Å². The molecule has 1 aromatic rings. The van der Waals surface area contributed by atoms with Crippen LogP contribution in [0.3, 0.4) is 0 Å². The maximum Gasteiger partial charge on any atom is 0.0408 e. The van der Waals surface area contributed by atoms with Gasteiger partial charge in [0.2, 0.25) is 0 Å².